The molecule has 1 N–H and O–H groups in total. The first-order chi connectivity index (χ1) is 15.4. The molecule has 164 valence electrons. The Bertz CT molecular complexity index is 1150. The normalized spacial score (nSPS) is 17.9. The third-order valence-corrected chi connectivity index (χ3v) is 6.00. The summed E-state index contributed by atoms with van der Waals surface area (Å²) in [5.74, 6) is -1.24. The maximum absolute atomic E-state index is 13.4. The average molecular weight is 452 g/mol. The van der Waals surface area contributed by atoms with Crippen molar-refractivity contribution in [2.45, 2.75) is 19.9 Å². The molecule has 2 heterocycles. The monoisotopic (exact) mass is 451 g/mol. The third kappa shape index (κ3) is 4.16. The van der Waals surface area contributed by atoms with Crippen LogP contribution >= 0.6 is 11.3 Å². The van der Waals surface area contributed by atoms with Gasteiger partial charge in [-0.05, 0) is 65.9 Å². The highest BCUT2D eigenvalue weighted by Gasteiger charge is 2.47. The minimum atomic E-state index is -0.808. The Balaban J connectivity index is 1.77. The van der Waals surface area contributed by atoms with Crippen LogP contribution < -0.4 is 9.64 Å². The lowest BCUT2D eigenvalue weighted by atomic mass is 9.99. The molecule has 5 nitrogen and oxygen atoms in total. The topological polar surface area (TPSA) is 66.8 Å². The van der Waals surface area contributed by atoms with Gasteiger partial charge < -0.3 is 9.84 Å². The van der Waals surface area contributed by atoms with Crippen LogP contribution in [0, 0.1) is 11.7 Å². The molecule has 1 fully saturated rings. The molecule has 0 spiro atoms. The summed E-state index contributed by atoms with van der Waals surface area (Å²) in [4.78, 5) is 28.0. The molecule has 1 aliphatic rings. The predicted molar refractivity (Wildman–Crippen MR) is 122 cm³/mol. The van der Waals surface area contributed by atoms with E-state index in [-0.39, 0.29) is 11.3 Å². The van der Waals surface area contributed by atoms with Crippen molar-refractivity contribution < 1.29 is 23.8 Å². The maximum Gasteiger partial charge on any atom is 0.300 e. The summed E-state index contributed by atoms with van der Waals surface area (Å²) in [6.45, 7) is 4.66. The van der Waals surface area contributed by atoms with Crippen LogP contribution in [0.4, 0.5) is 10.1 Å². The van der Waals surface area contributed by atoms with Crippen LogP contribution in [0.1, 0.15) is 30.3 Å². The Morgan fingerprint density at radius 3 is 2.38 bits per heavy atom. The molecular formula is C25H22FNO4S. The largest absolute Gasteiger partial charge is 0.507 e. The van der Waals surface area contributed by atoms with Crippen LogP contribution in [0.5, 0.6) is 5.75 Å². The number of Topliss-reactive ketones (excluding diaryl/α,β-unsaturated/α-hetero) is 1. The zero-order valence-corrected chi connectivity index (χ0v) is 18.4. The van der Waals surface area contributed by atoms with E-state index in [0.29, 0.717) is 34.4 Å². The maximum atomic E-state index is 13.4. The summed E-state index contributed by atoms with van der Waals surface area (Å²) in [5.41, 5.74) is 0.779. The van der Waals surface area contributed by atoms with Crippen LogP contribution in [0.25, 0.3) is 5.76 Å². The number of ketones is 1. The van der Waals surface area contributed by atoms with Gasteiger partial charge in [0.1, 0.15) is 23.4 Å². The molecule has 1 aromatic heterocycles. The average Bonchev–Trinajstić information content (AvgIpc) is 3.40. The predicted octanol–water partition coefficient (Wildman–Crippen LogP) is 5.55. The summed E-state index contributed by atoms with van der Waals surface area (Å²) in [6, 6.07) is 14.9. The second-order valence-electron chi connectivity index (χ2n) is 7.89. The number of hydrogen-bond acceptors (Lipinski definition) is 5. The summed E-state index contributed by atoms with van der Waals surface area (Å²) >= 11 is 1.37. The molecule has 1 aliphatic heterocycles. The highest BCUT2D eigenvalue weighted by Crippen LogP contribution is 2.43. The summed E-state index contributed by atoms with van der Waals surface area (Å²) in [7, 11) is 0. The van der Waals surface area contributed by atoms with Crippen LogP contribution in [0.2, 0.25) is 0 Å². The molecule has 1 amide bonds. The van der Waals surface area contributed by atoms with Crippen molar-refractivity contribution >= 4 is 34.5 Å². The van der Waals surface area contributed by atoms with Gasteiger partial charge in [0.05, 0.1) is 12.2 Å². The lowest BCUT2D eigenvalue weighted by Gasteiger charge is -2.24. The number of hydrogen-bond donors (Lipinski definition) is 1. The van der Waals surface area contributed by atoms with Crippen LogP contribution in [-0.2, 0) is 9.59 Å². The fraction of sp³-hybridized carbons (Fsp3) is 0.200. The first kappa shape index (κ1) is 21.8. The SMILES string of the molecule is CC(C)COc1ccc(/C(O)=C2/C(=O)C(=O)N(c3ccc(F)cc3)C2c2cccs2)cc1. The van der Waals surface area contributed by atoms with Gasteiger partial charge in [0.25, 0.3) is 11.7 Å². The van der Waals surface area contributed by atoms with Gasteiger partial charge in [-0.25, -0.2) is 4.39 Å². The molecule has 0 saturated carbocycles. The van der Waals surface area contributed by atoms with Crippen molar-refractivity contribution in [1.29, 1.82) is 0 Å². The molecule has 1 unspecified atom stereocenters. The molecule has 32 heavy (non-hydrogen) atoms. The van der Waals surface area contributed by atoms with E-state index in [2.05, 4.69) is 0 Å². The smallest absolute Gasteiger partial charge is 0.300 e. The van der Waals surface area contributed by atoms with Crippen LogP contribution in [0.3, 0.4) is 0 Å². The number of carbonyl (C=O) groups is 2. The van der Waals surface area contributed by atoms with Gasteiger partial charge in [-0.2, -0.15) is 0 Å². The molecule has 4 rings (SSSR count). The quantitative estimate of drug-likeness (QED) is 0.303. The molecule has 3 aromatic rings. The number of rotatable bonds is 6. The molecule has 1 saturated heterocycles. The number of carbonyl (C=O) groups excluding carboxylic acids is 2. The van der Waals surface area contributed by atoms with Crippen molar-refractivity contribution in [1.82, 2.24) is 0 Å². The zero-order valence-electron chi connectivity index (χ0n) is 17.6. The van der Waals surface area contributed by atoms with E-state index in [1.807, 2.05) is 25.3 Å². The van der Waals surface area contributed by atoms with Gasteiger partial charge >= 0.3 is 0 Å². The number of benzene rings is 2. The van der Waals surface area contributed by atoms with Gasteiger partial charge in [-0.1, -0.05) is 19.9 Å². The molecule has 0 radical (unpaired) electrons. The zero-order chi connectivity index (χ0) is 22.8. The van der Waals surface area contributed by atoms with Crippen LogP contribution in [-0.4, -0.2) is 23.4 Å². The van der Waals surface area contributed by atoms with E-state index in [0.717, 1.165) is 0 Å². The molecule has 2 aromatic carbocycles. The minimum Gasteiger partial charge on any atom is -0.507 e. The van der Waals surface area contributed by atoms with Gasteiger partial charge in [0.15, 0.2) is 0 Å². The Morgan fingerprint density at radius 1 is 1.09 bits per heavy atom. The van der Waals surface area contributed by atoms with Crippen molar-refractivity contribution in [2.24, 2.45) is 5.92 Å². The highest BCUT2D eigenvalue weighted by molar-refractivity contribution is 7.10. The van der Waals surface area contributed by atoms with Crippen molar-refractivity contribution in [3.63, 3.8) is 0 Å². The number of halogens is 1. The van der Waals surface area contributed by atoms with E-state index >= 15 is 0 Å². The molecule has 0 aliphatic carbocycles. The van der Waals surface area contributed by atoms with Crippen molar-refractivity contribution in [2.75, 3.05) is 11.5 Å². The third-order valence-electron chi connectivity index (χ3n) is 5.07. The Labute approximate surface area is 189 Å². The van der Waals surface area contributed by atoms with Gasteiger partial charge in [-0.3, -0.25) is 14.5 Å². The van der Waals surface area contributed by atoms with Crippen LogP contribution in [0.15, 0.2) is 71.6 Å². The summed E-state index contributed by atoms with van der Waals surface area (Å²) < 4.78 is 19.1. The number of amides is 1. The van der Waals surface area contributed by atoms with E-state index in [4.69, 9.17) is 4.74 Å². The second kappa shape index (κ2) is 8.96. The van der Waals surface area contributed by atoms with E-state index in [1.165, 1.54) is 40.5 Å². The highest BCUT2D eigenvalue weighted by atomic mass is 32.1. The Kier molecular flexibility index (Phi) is 6.10. The molecule has 0 bridgehead atoms. The Morgan fingerprint density at radius 2 is 1.78 bits per heavy atom. The molecule has 7 heteroatoms. The van der Waals surface area contributed by atoms with E-state index < -0.39 is 23.5 Å². The fourth-order valence-electron chi connectivity index (χ4n) is 3.54. The number of thiophene rings is 1. The lowest BCUT2D eigenvalue weighted by molar-refractivity contribution is -0.132. The number of aliphatic hydroxyl groups excluding tert-OH is 1. The van der Waals surface area contributed by atoms with Gasteiger partial charge in [0, 0.05) is 16.1 Å². The molecule has 1 atom stereocenters. The van der Waals surface area contributed by atoms with E-state index in [1.54, 1.807) is 30.3 Å². The number of anilines is 1. The fourth-order valence-corrected chi connectivity index (χ4v) is 4.37. The molecular weight excluding hydrogens is 429 g/mol. The standard InChI is InChI=1S/C25H22FNO4S/c1-15(2)14-31-19-11-5-16(6-12-19)23(28)21-22(20-4-3-13-32-20)27(25(30)24(21)29)18-9-7-17(26)8-10-18/h3-13,15,22,28H,14H2,1-2H3/b23-21-. The second-order valence-corrected chi connectivity index (χ2v) is 8.87. The number of nitrogens with zero attached hydrogens (tertiary/aromatic N) is 1. The van der Waals surface area contributed by atoms with Gasteiger partial charge in [0.2, 0.25) is 0 Å². The number of ether oxygens (including phenoxy) is 1. The lowest BCUT2D eigenvalue weighted by Crippen LogP contribution is -2.29. The number of aliphatic hydroxyl groups is 1. The van der Waals surface area contributed by atoms with E-state index in [9.17, 15) is 19.1 Å². The minimum absolute atomic E-state index is 0.00220. The summed E-state index contributed by atoms with van der Waals surface area (Å²) in [5, 5.41) is 12.9. The van der Waals surface area contributed by atoms with Crippen molar-refractivity contribution in [3.8, 4) is 5.75 Å². The van der Waals surface area contributed by atoms with Crippen molar-refractivity contribution in [3.05, 3.63) is 87.9 Å². The first-order valence-electron chi connectivity index (χ1n) is 10.2. The summed E-state index contributed by atoms with van der Waals surface area (Å²) in [6.07, 6.45) is 0. The van der Waals surface area contributed by atoms with Gasteiger partial charge in [-0.15, -0.1) is 11.3 Å². The Hall–Kier alpha value is -3.45. The first-order valence-corrected chi connectivity index (χ1v) is 11.1.